The number of halogens is 1. The largest absolute Gasteiger partial charge is 0.495 e. The first-order valence-electron chi connectivity index (χ1n) is 9.26. The number of aromatic nitrogens is 1. The highest BCUT2D eigenvalue weighted by Gasteiger charge is 2.53. The van der Waals surface area contributed by atoms with E-state index in [1.54, 1.807) is 26.8 Å². The minimum atomic E-state index is -1.27. The number of aliphatic imine (C=N–C) groups is 1. The maximum Gasteiger partial charge on any atom is 0.274 e. The van der Waals surface area contributed by atoms with Crippen LogP contribution in [0, 0.1) is 11.2 Å². The Kier molecular flexibility index (Phi) is 5.23. The van der Waals surface area contributed by atoms with Gasteiger partial charge in [-0.2, -0.15) is 0 Å². The average molecular weight is 413 g/mol. The number of carbonyl (C=O) groups excluding carboxylic acids is 2. The number of benzene rings is 1. The van der Waals surface area contributed by atoms with Gasteiger partial charge in [-0.1, -0.05) is 0 Å². The molecule has 1 aliphatic rings. The van der Waals surface area contributed by atoms with Crippen molar-refractivity contribution in [2.24, 2.45) is 16.1 Å². The molecule has 0 saturated heterocycles. The minimum Gasteiger partial charge on any atom is -0.495 e. The van der Waals surface area contributed by atoms with Crippen molar-refractivity contribution in [3.63, 3.8) is 0 Å². The SMILES string of the molecule is COc1ccc(C(=O)Nc2ccc(F)c(C3(C)N=C(N)N(C)C(=O)C3(C)C)c2)nc1. The van der Waals surface area contributed by atoms with Gasteiger partial charge in [-0.3, -0.25) is 14.5 Å². The molecular formula is C21H24FN5O3. The number of rotatable bonds is 4. The van der Waals surface area contributed by atoms with Gasteiger partial charge in [0, 0.05) is 18.3 Å². The lowest BCUT2D eigenvalue weighted by molar-refractivity contribution is -0.140. The summed E-state index contributed by atoms with van der Waals surface area (Å²) < 4.78 is 19.9. The van der Waals surface area contributed by atoms with E-state index in [0.29, 0.717) is 11.4 Å². The molecule has 0 bridgehead atoms. The Hall–Kier alpha value is -3.49. The van der Waals surface area contributed by atoms with Gasteiger partial charge in [0.1, 0.15) is 22.8 Å². The van der Waals surface area contributed by atoms with Crippen molar-refractivity contribution in [2.45, 2.75) is 26.3 Å². The fraction of sp³-hybridized carbons (Fsp3) is 0.333. The second-order valence-electron chi connectivity index (χ2n) is 7.76. The average Bonchev–Trinajstić information content (AvgIpc) is 2.72. The number of carbonyl (C=O) groups is 2. The minimum absolute atomic E-state index is 0.00176. The maximum atomic E-state index is 14.9. The second kappa shape index (κ2) is 7.40. The van der Waals surface area contributed by atoms with Gasteiger partial charge in [0.15, 0.2) is 5.96 Å². The number of pyridine rings is 1. The van der Waals surface area contributed by atoms with E-state index >= 15 is 0 Å². The van der Waals surface area contributed by atoms with Crippen LogP contribution < -0.4 is 15.8 Å². The van der Waals surface area contributed by atoms with E-state index in [9.17, 15) is 14.0 Å². The fourth-order valence-electron chi connectivity index (χ4n) is 3.38. The quantitative estimate of drug-likeness (QED) is 0.800. The molecule has 0 spiro atoms. The summed E-state index contributed by atoms with van der Waals surface area (Å²) in [5.41, 5.74) is 4.22. The van der Waals surface area contributed by atoms with E-state index in [1.165, 1.54) is 49.5 Å². The van der Waals surface area contributed by atoms with E-state index in [1.807, 2.05) is 0 Å². The normalized spacial score (nSPS) is 20.5. The monoisotopic (exact) mass is 413 g/mol. The Balaban J connectivity index is 1.99. The molecule has 1 atom stereocenters. The van der Waals surface area contributed by atoms with Gasteiger partial charge in [0.25, 0.3) is 5.91 Å². The molecule has 0 fully saturated rings. The fourth-order valence-corrected chi connectivity index (χ4v) is 3.38. The van der Waals surface area contributed by atoms with Crippen LogP contribution in [0.1, 0.15) is 36.8 Å². The molecule has 8 nitrogen and oxygen atoms in total. The molecule has 1 aromatic carbocycles. The van der Waals surface area contributed by atoms with Crippen LogP contribution in [0.4, 0.5) is 10.1 Å². The van der Waals surface area contributed by atoms with E-state index in [2.05, 4.69) is 15.3 Å². The number of amides is 2. The van der Waals surface area contributed by atoms with E-state index in [-0.39, 0.29) is 23.1 Å². The zero-order valence-corrected chi connectivity index (χ0v) is 17.5. The standard InChI is InChI=1S/C21H24FN5O3/c1-20(2)18(29)27(4)19(23)26-21(20,3)14-10-12(6-8-15(14)22)25-17(28)16-9-7-13(30-5)11-24-16/h6-11H,1-5H3,(H2,23,26)(H,25,28). The molecule has 0 radical (unpaired) electrons. The van der Waals surface area contributed by atoms with Crippen LogP contribution in [-0.2, 0) is 10.3 Å². The highest BCUT2D eigenvalue weighted by molar-refractivity contribution is 6.03. The van der Waals surface area contributed by atoms with Gasteiger partial charge in [-0.05, 0) is 51.1 Å². The number of guanidine groups is 1. The van der Waals surface area contributed by atoms with Crippen LogP contribution >= 0.6 is 0 Å². The Morgan fingerprint density at radius 3 is 2.53 bits per heavy atom. The Labute approximate surface area is 173 Å². The summed E-state index contributed by atoms with van der Waals surface area (Å²) in [7, 11) is 3.03. The van der Waals surface area contributed by atoms with Crippen LogP contribution in [0.2, 0.25) is 0 Å². The summed E-state index contributed by atoms with van der Waals surface area (Å²) in [5.74, 6) is -0.790. The molecule has 1 aliphatic heterocycles. The Morgan fingerprint density at radius 1 is 1.23 bits per heavy atom. The Morgan fingerprint density at radius 2 is 1.93 bits per heavy atom. The molecule has 30 heavy (non-hydrogen) atoms. The van der Waals surface area contributed by atoms with Crippen LogP contribution in [0.3, 0.4) is 0 Å². The van der Waals surface area contributed by atoms with E-state index in [0.717, 1.165) is 0 Å². The van der Waals surface area contributed by atoms with Gasteiger partial charge in [-0.25, -0.2) is 14.4 Å². The zero-order valence-electron chi connectivity index (χ0n) is 17.5. The van der Waals surface area contributed by atoms with Gasteiger partial charge < -0.3 is 15.8 Å². The van der Waals surface area contributed by atoms with Crippen molar-refractivity contribution in [1.29, 1.82) is 0 Å². The molecule has 3 N–H and O–H groups in total. The summed E-state index contributed by atoms with van der Waals surface area (Å²) in [6.45, 7) is 5.03. The molecule has 2 heterocycles. The third kappa shape index (κ3) is 3.36. The molecular weight excluding hydrogens is 389 g/mol. The number of anilines is 1. The summed E-state index contributed by atoms with van der Waals surface area (Å²) in [6, 6.07) is 7.25. The van der Waals surface area contributed by atoms with Gasteiger partial charge in [-0.15, -0.1) is 0 Å². The molecule has 1 unspecified atom stereocenters. The summed E-state index contributed by atoms with van der Waals surface area (Å²) in [5, 5.41) is 2.69. The van der Waals surface area contributed by atoms with Crippen molar-refractivity contribution >= 4 is 23.5 Å². The van der Waals surface area contributed by atoms with Crippen molar-refractivity contribution in [3.05, 3.63) is 53.6 Å². The Bertz CT molecular complexity index is 1040. The number of nitrogens with one attached hydrogen (secondary N) is 1. The van der Waals surface area contributed by atoms with Crippen LogP contribution in [0.5, 0.6) is 5.75 Å². The summed E-state index contributed by atoms with van der Waals surface area (Å²) in [4.78, 5) is 35.1. The molecule has 3 rings (SSSR count). The second-order valence-corrected chi connectivity index (χ2v) is 7.76. The third-order valence-corrected chi connectivity index (χ3v) is 5.69. The zero-order chi connectivity index (χ0) is 22.3. The van der Waals surface area contributed by atoms with Crippen molar-refractivity contribution in [2.75, 3.05) is 19.5 Å². The van der Waals surface area contributed by atoms with E-state index < -0.39 is 22.7 Å². The third-order valence-electron chi connectivity index (χ3n) is 5.69. The number of nitrogens with two attached hydrogens (primary N) is 1. The first-order valence-corrected chi connectivity index (χ1v) is 9.26. The molecule has 0 saturated carbocycles. The molecule has 2 aromatic rings. The lowest BCUT2D eigenvalue weighted by atomic mass is 9.67. The van der Waals surface area contributed by atoms with Crippen LogP contribution in [0.25, 0.3) is 0 Å². The topological polar surface area (TPSA) is 110 Å². The molecule has 1 aromatic heterocycles. The van der Waals surface area contributed by atoms with Crippen molar-refractivity contribution in [1.82, 2.24) is 9.88 Å². The molecule has 0 aliphatic carbocycles. The smallest absolute Gasteiger partial charge is 0.274 e. The van der Waals surface area contributed by atoms with Crippen molar-refractivity contribution < 1.29 is 18.7 Å². The van der Waals surface area contributed by atoms with Gasteiger partial charge >= 0.3 is 0 Å². The summed E-state index contributed by atoms with van der Waals surface area (Å²) in [6.07, 6.45) is 1.43. The van der Waals surface area contributed by atoms with E-state index in [4.69, 9.17) is 10.5 Å². The van der Waals surface area contributed by atoms with Gasteiger partial charge in [0.05, 0.1) is 18.7 Å². The lowest BCUT2D eigenvalue weighted by Gasteiger charge is -2.46. The molecule has 158 valence electrons. The number of hydrogen-bond donors (Lipinski definition) is 2. The number of methoxy groups -OCH3 is 1. The first kappa shape index (κ1) is 21.2. The first-order chi connectivity index (χ1) is 14.0. The lowest BCUT2D eigenvalue weighted by Crippen LogP contribution is -2.58. The maximum absolute atomic E-state index is 14.9. The van der Waals surface area contributed by atoms with Crippen LogP contribution in [0.15, 0.2) is 41.5 Å². The van der Waals surface area contributed by atoms with Crippen molar-refractivity contribution in [3.8, 4) is 5.75 Å². The number of ether oxygens (including phenoxy) is 1. The molecule has 2 amide bonds. The predicted octanol–water partition coefficient (Wildman–Crippen LogP) is 2.51. The summed E-state index contributed by atoms with van der Waals surface area (Å²) >= 11 is 0. The predicted molar refractivity (Wildman–Crippen MR) is 111 cm³/mol. The highest BCUT2D eigenvalue weighted by Crippen LogP contribution is 2.47. The van der Waals surface area contributed by atoms with Gasteiger partial charge in [0.2, 0.25) is 5.91 Å². The number of hydrogen-bond acceptors (Lipinski definition) is 6. The number of nitrogens with zero attached hydrogens (tertiary/aromatic N) is 3. The van der Waals surface area contributed by atoms with Crippen LogP contribution in [-0.4, -0.2) is 41.8 Å². The molecule has 9 heteroatoms. The highest BCUT2D eigenvalue weighted by atomic mass is 19.1.